The molecule has 0 spiro atoms. The molecule has 0 bridgehead atoms. The first-order valence-corrected chi connectivity index (χ1v) is 5.17. The molecule has 2 heterocycles. The zero-order chi connectivity index (χ0) is 10.0. The number of halogens is 1. The Labute approximate surface area is 90.8 Å². The number of hydrogen-bond acceptors (Lipinski definition) is 3. The van der Waals surface area contributed by atoms with Gasteiger partial charge >= 0.3 is 0 Å². The molecule has 1 atom stereocenters. The minimum atomic E-state index is -0.527. The summed E-state index contributed by atoms with van der Waals surface area (Å²) in [5.74, 6) is 0. The van der Waals surface area contributed by atoms with Crippen LogP contribution >= 0.6 is 15.9 Å². The van der Waals surface area contributed by atoms with Crippen LogP contribution in [0.4, 0.5) is 0 Å². The van der Waals surface area contributed by atoms with Crippen LogP contribution in [0.15, 0.2) is 22.8 Å². The van der Waals surface area contributed by atoms with Gasteiger partial charge in [0.25, 0.3) is 0 Å². The van der Waals surface area contributed by atoms with Crippen molar-refractivity contribution >= 4 is 15.9 Å². The van der Waals surface area contributed by atoms with Gasteiger partial charge in [0.2, 0.25) is 0 Å². The lowest BCUT2D eigenvalue weighted by Crippen LogP contribution is -2.25. The Bertz CT molecular complexity index is 363. The molecule has 0 aliphatic carbocycles. The average molecular weight is 253 g/mol. The van der Waals surface area contributed by atoms with E-state index in [-0.39, 0.29) is 0 Å². The molecule has 1 aromatic heterocycles. The first kappa shape index (κ1) is 9.63. The number of ether oxygens (including phenoxy) is 1. The van der Waals surface area contributed by atoms with Crippen LogP contribution in [0.3, 0.4) is 0 Å². The second-order valence-corrected chi connectivity index (χ2v) is 4.27. The molecule has 1 aliphatic heterocycles. The molecule has 14 heavy (non-hydrogen) atoms. The van der Waals surface area contributed by atoms with E-state index in [0.717, 1.165) is 16.6 Å². The van der Waals surface area contributed by atoms with E-state index in [1.54, 1.807) is 6.20 Å². The smallest absolute Gasteiger partial charge is 0.125 e. The molecule has 0 radical (unpaired) electrons. The molecular weight excluding hydrogens is 244 g/mol. The number of nitriles is 1. The van der Waals surface area contributed by atoms with Crippen molar-refractivity contribution < 1.29 is 4.74 Å². The van der Waals surface area contributed by atoms with E-state index < -0.39 is 5.41 Å². The lowest BCUT2D eigenvalue weighted by molar-refractivity contribution is 0.186. The predicted octanol–water partition coefficient (Wildman–Crippen LogP) is 2.03. The fourth-order valence-corrected chi connectivity index (χ4v) is 1.81. The minimum Gasteiger partial charge on any atom is -0.379 e. The van der Waals surface area contributed by atoms with Gasteiger partial charge in [-0.1, -0.05) is 0 Å². The zero-order valence-corrected chi connectivity index (χ0v) is 9.12. The van der Waals surface area contributed by atoms with Gasteiger partial charge in [-0.2, -0.15) is 5.26 Å². The van der Waals surface area contributed by atoms with Gasteiger partial charge in [-0.3, -0.25) is 4.98 Å². The highest BCUT2D eigenvalue weighted by Gasteiger charge is 2.38. The monoisotopic (exact) mass is 252 g/mol. The Morgan fingerprint density at radius 1 is 1.57 bits per heavy atom. The molecule has 2 rings (SSSR count). The van der Waals surface area contributed by atoms with Gasteiger partial charge in [-0.25, -0.2) is 0 Å². The van der Waals surface area contributed by atoms with Crippen molar-refractivity contribution in [1.82, 2.24) is 4.98 Å². The molecule has 0 aromatic carbocycles. The Morgan fingerprint density at radius 2 is 2.43 bits per heavy atom. The maximum atomic E-state index is 9.16. The highest BCUT2D eigenvalue weighted by molar-refractivity contribution is 9.10. The quantitative estimate of drug-likeness (QED) is 0.769. The van der Waals surface area contributed by atoms with Crippen molar-refractivity contribution in [2.24, 2.45) is 0 Å². The SMILES string of the molecule is N#CC1(c2ccc(Br)cn2)CCOC1. The molecule has 1 aliphatic rings. The predicted molar refractivity (Wildman–Crippen MR) is 54.7 cm³/mol. The van der Waals surface area contributed by atoms with Crippen LogP contribution in [0.25, 0.3) is 0 Å². The molecule has 0 saturated carbocycles. The molecule has 1 aromatic rings. The molecule has 0 N–H and O–H groups in total. The van der Waals surface area contributed by atoms with Crippen LogP contribution in [0.2, 0.25) is 0 Å². The molecule has 4 heteroatoms. The number of rotatable bonds is 1. The fourth-order valence-electron chi connectivity index (χ4n) is 1.57. The Kier molecular flexibility index (Phi) is 2.53. The minimum absolute atomic E-state index is 0.456. The van der Waals surface area contributed by atoms with Crippen LogP contribution in [0.5, 0.6) is 0 Å². The van der Waals surface area contributed by atoms with Gasteiger partial charge in [-0.15, -0.1) is 0 Å². The number of pyridine rings is 1. The van der Waals surface area contributed by atoms with Gasteiger partial charge in [0, 0.05) is 17.3 Å². The van der Waals surface area contributed by atoms with E-state index >= 15 is 0 Å². The molecule has 1 saturated heterocycles. The summed E-state index contributed by atoms with van der Waals surface area (Å²) in [4.78, 5) is 4.25. The molecule has 1 unspecified atom stereocenters. The summed E-state index contributed by atoms with van der Waals surface area (Å²) in [6.07, 6.45) is 2.45. The molecule has 72 valence electrons. The Balaban J connectivity index is 2.37. The molecular formula is C10H9BrN2O. The third-order valence-electron chi connectivity index (χ3n) is 2.45. The summed E-state index contributed by atoms with van der Waals surface area (Å²) in [6.45, 7) is 1.10. The van der Waals surface area contributed by atoms with E-state index in [2.05, 4.69) is 27.0 Å². The van der Waals surface area contributed by atoms with Crippen molar-refractivity contribution in [3.8, 4) is 6.07 Å². The van der Waals surface area contributed by atoms with Crippen LogP contribution in [-0.2, 0) is 10.2 Å². The highest BCUT2D eigenvalue weighted by Crippen LogP contribution is 2.31. The standard InChI is InChI=1S/C10H9BrN2O/c11-8-1-2-9(13-5-8)10(6-12)3-4-14-7-10/h1-2,5H,3-4,7H2. The topological polar surface area (TPSA) is 45.9 Å². The van der Waals surface area contributed by atoms with Crippen LogP contribution < -0.4 is 0 Å². The van der Waals surface area contributed by atoms with Crippen molar-refractivity contribution in [2.75, 3.05) is 13.2 Å². The van der Waals surface area contributed by atoms with Crippen molar-refractivity contribution in [3.63, 3.8) is 0 Å². The van der Waals surface area contributed by atoms with Gasteiger partial charge in [-0.05, 0) is 34.5 Å². The largest absolute Gasteiger partial charge is 0.379 e. The zero-order valence-electron chi connectivity index (χ0n) is 7.53. The van der Waals surface area contributed by atoms with Crippen molar-refractivity contribution in [3.05, 3.63) is 28.5 Å². The maximum absolute atomic E-state index is 9.16. The van der Waals surface area contributed by atoms with Gasteiger partial charge in [0.05, 0.1) is 18.4 Å². The van der Waals surface area contributed by atoms with E-state index in [0.29, 0.717) is 13.2 Å². The first-order chi connectivity index (χ1) is 6.77. The van der Waals surface area contributed by atoms with Crippen LogP contribution in [0.1, 0.15) is 12.1 Å². The summed E-state index contributed by atoms with van der Waals surface area (Å²) >= 11 is 3.32. The summed E-state index contributed by atoms with van der Waals surface area (Å²) in [6, 6.07) is 6.09. The summed E-state index contributed by atoms with van der Waals surface area (Å²) in [5, 5.41) is 9.16. The Morgan fingerprint density at radius 3 is 2.93 bits per heavy atom. The van der Waals surface area contributed by atoms with Crippen molar-refractivity contribution in [1.29, 1.82) is 5.26 Å². The van der Waals surface area contributed by atoms with Crippen LogP contribution in [-0.4, -0.2) is 18.2 Å². The second-order valence-electron chi connectivity index (χ2n) is 3.36. The number of aromatic nitrogens is 1. The highest BCUT2D eigenvalue weighted by atomic mass is 79.9. The summed E-state index contributed by atoms with van der Waals surface area (Å²) in [5.41, 5.74) is 0.279. The average Bonchev–Trinajstić information content (AvgIpc) is 2.68. The Hall–Kier alpha value is -0.920. The van der Waals surface area contributed by atoms with Gasteiger partial charge in [0.1, 0.15) is 5.41 Å². The number of hydrogen-bond donors (Lipinski definition) is 0. The normalized spacial score (nSPS) is 26.0. The lowest BCUT2D eigenvalue weighted by Gasteiger charge is -2.17. The van der Waals surface area contributed by atoms with Crippen LogP contribution in [0, 0.1) is 11.3 Å². The molecule has 1 fully saturated rings. The first-order valence-electron chi connectivity index (χ1n) is 4.38. The third kappa shape index (κ3) is 1.54. The van der Waals surface area contributed by atoms with E-state index in [4.69, 9.17) is 10.00 Å². The number of nitrogens with zero attached hydrogens (tertiary/aromatic N) is 2. The maximum Gasteiger partial charge on any atom is 0.125 e. The van der Waals surface area contributed by atoms with Gasteiger partial charge < -0.3 is 4.74 Å². The van der Waals surface area contributed by atoms with Crippen molar-refractivity contribution in [2.45, 2.75) is 11.8 Å². The molecule has 0 amide bonds. The van der Waals surface area contributed by atoms with Gasteiger partial charge in [0.15, 0.2) is 0 Å². The summed E-state index contributed by atoms with van der Waals surface area (Å²) < 4.78 is 6.19. The fraction of sp³-hybridized carbons (Fsp3) is 0.400. The third-order valence-corrected chi connectivity index (χ3v) is 2.92. The summed E-state index contributed by atoms with van der Waals surface area (Å²) in [7, 11) is 0. The van der Waals surface area contributed by atoms with E-state index in [1.807, 2.05) is 12.1 Å². The second kappa shape index (κ2) is 3.68. The van der Waals surface area contributed by atoms with E-state index in [1.165, 1.54) is 0 Å². The van der Waals surface area contributed by atoms with E-state index in [9.17, 15) is 0 Å². The molecule has 3 nitrogen and oxygen atoms in total. The lowest BCUT2D eigenvalue weighted by atomic mass is 9.85.